The van der Waals surface area contributed by atoms with Crippen molar-refractivity contribution in [2.45, 2.75) is 13.2 Å². The van der Waals surface area contributed by atoms with E-state index in [4.69, 9.17) is 9.47 Å². The second-order valence-electron chi connectivity index (χ2n) is 6.60. The molecule has 0 bridgehead atoms. The SMILES string of the molecule is COc1ccc(COCc2cccc(NC(=O)c3c[nH]c4ncccc34)c2)cc1. The van der Waals surface area contributed by atoms with Crippen LogP contribution < -0.4 is 10.1 Å². The molecule has 0 aliphatic carbocycles. The Morgan fingerprint density at radius 2 is 1.86 bits per heavy atom. The summed E-state index contributed by atoms with van der Waals surface area (Å²) in [6, 6.07) is 19.1. The number of carbonyl (C=O) groups is 1. The number of nitrogens with one attached hydrogen (secondary N) is 2. The number of fused-ring (bicyclic) bond motifs is 1. The number of aromatic amines is 1. The van der Waals surface area contributed by atoms with Gasteiger partial charge in [-0.05, 0) is 47.5 Å². The molecule has 0 aliphatic heterocycles. The minimum Gasteiger partial charge on any atom is -0.497 e. The molecule has 0 atom stereocenters. The van der Waals surface area contributed by atoms with E-state index in [0.29, 0.717) is 24.4 Å². The minimum absolute atomic E-state index is 0.180. The van der Waals surface area contributed by atoms with Gasteiger partial charge in [0.2, 0.25) is 0 Å². The van der Waals surface area contributed by atoms with Gasteiger partial charge in [0.25, 0.3) is 5.91 Å². The Hall–Kier alpha value is -3.64. The Labute approximate surface area is 168 Å². The Bertz CT molecular complexity index is 1120. The van der Waals surface area contributed by atoms with Gasteiger partial charge in [0, 0.05) is 23.5 Å². The maximum atomic E-state index is 12.7. The molecule has 146 valence electrons. The van der Waals surface area contributed by atoms with Crippen LogP contribution in [0.25, 0.3) is 11.0 Å². The van der Waals surface area contributed by atoms with Gasteiger partial charge in [0.05, 0.1) is 25.9 Å². The number of amides is 1. The molecule has 2 aromatic heterocycles. The zero-order valence-corrected chi connectivity index (χ0v) is 16.0. The highest BCUT2D eigenvalue weighted by Gasteiger charge is 2.12. The minimum atomic E-state index is -0.180. The molecular formula is C23H21N3O3. The molecule has 4 rings (SSSR count). The van der Waals surface area contributed by atoms with Crippen molar-refractivity contribution in [3.05, 3.63) is 89.7 Å². The summed E-state index contributed by atoms with van der Waals surface area (Å²) >= 11 is 0. The molecule has 0 radical (unpaired) electrons. The van der Waals surface area contributed by atoms with Crippen LogP contribution in [0, 0.1) is 0 Å². The highest BCUT2D eigenvalue weighted by atomic mass is 16.5. The number of H-pyrrole nitrogens is 1. The molecule has 0 saturated carbocycles. The first-order valence-electron chi connectivity index (χ1n) is 9.26. The number of ether oxygens (including phenoxy) is 2. The van der Waals surface area contributed by atoms with E-state index in [1.165, 1.54) is 0 Å². The number of aromatic nitrogens is 2. The van der Waals surface area contributed by atoms with Crippen LogP contribution in [0.1, 0.15) is 21.5 Å². The van der Waals surface area contributed by atoms with E-state index in [2.05, 4.69) is 15.3 Å². The molecule has 6 heteroatoms. The summed E-state index contributed by atoms with van der Waals surface area (Å²) in [5, 5.41) is 3.74. The van der Waals surface area contributed by atoms with E-state index in [1.807, 2.05) is 60.7 Å². The van der Waals surface area contributed by atoms with Gasteiger partial charge in [-0.15, -0.1) is 0 Å². The molecule has 2 N–H and O–H groups in total. The molecule has 2 aromatic carbocycles. The van der Waals surface area contributed by atoms with Crippen LogP contribution in [0.3, 0.4) is 0 Å². The smallest absolute Gasteiger partial charge is 0.257 e. The Morgan fingerprint density at radius 1 is 1.03 bits per heavy atom. The summed E-state index contributed by atoms with van der Waals surface area (Å²) in [4.78, 5) is 19.9. The van der Waals surface area contributed by atoms with Gasteiger partial charge in [-0.3, -0.25) is 4.79 Å². The van der Waals surface area contributed by atoms with E-state index in [-0.39, 0.29) is 5.91 Å². The Balaban J connectivity index is 1.37. The molecule has 6 nitrogen and oxygen atoms in total. The fourth-order valence-corrected chi connectivity index (χ4v) is 3.09. The van der Waals surface area contributed by atoms with Crippen molar-refractivity contribution in [1.29, 1.82) is 0 Å². The zero-order valence-electron chi connectivity index (χ0n) is 16.0. The first-order chi connectivity index (χ1) is 14.2. The maximum Gasteiger partial charge on any atom is 0.257 e. The molecule has 4 aromatic rings. The van der Waals surface area contributed by atoms with Crippen LogP contribution in [0.15, 0.2) is 73.1 Å². The molecule has 1 amide bonds. The van der Waals surface area contributed by atoms with E-state index in [9.17, 15) is 4.79 Å². The third kappa shape index (κ3) is 4.44. The lowest BCUT2D eigenvalue weighted by Crippen LogP contribution is -2.11. The topological polar surface area (TPSA) is 76.2 Å². The number of hydrogen-bond acceptors (Lipinski definition) is 4. The molecule has 0 fully saturated rings. The van der Waals surface area contributed by atoms with Crippen molar-refractivity contribution in [1.82, 2.24) is 9.97 Å². The van der Waals surface area contributed by atoms with Crippen LogP contribution in [0.2, 0.25) is 0 Å². The number of hydrogen-bond donors (Lipinski definition) is 2. The van der Waals surface area contributed by atoms with Gasteiger partial charge in [0.15, 0.2) is 0 Å². The third-order valence-electron chi connectivity index (χ3n) is 4.58. The number of carbonyl (C=O) groups excluding carboxylic acids is 1. The van der Waals surface area contributed by atoms with Crippen LogP contribution in [0.5, 0.6) is 5.75 Å². The van der Waals surface area contributed by atoms with Crippen LogP contribution >= 0.6 is 0 Å². The van der Waals surface area contributed by atoms with Crippen molar-refractivity contribution < 1.29 is 14.3 Å². The number of nitrogens with zero attached hydrogens (tertiary/aromatic N) is 1. The van der Waals surface area contributed by atoms with Crippen LogP contribution in [-0.2, 0) is 18.0 Å². The predicted octanol–water partition coefficient (Wildman–Crippen LogP) is 4.54. The number of methoxy groups -OCH3 is 1. The lowest BCUT2D eigenvalue weighted by Gasteiger charge is -2.09. The van der Waals surface area contributed by atoms with Crippen molar-refractivity contribution >= 4 is 22.6 Å². The van der Waals surface area contributed by atoms with Crippen molar-refractivity contribution in [3.63, 3.8) is 0 Å². The van der Waals surface area contributed by atoms with Gasteiger partial charge in [-0.2, -0.15) is 0 Å². The predicted molar refractivity (Wildman–Crippen MR) is 112 cm³/mol. The zero-order chi connectivity index (χ0) is 20.1. The molecule has 29 heavy (non-hydrogen) atoms. The van der Waals surface area contributed by atoms with Gasteiger partial charge in [-0.1, -0.05) is 24.3 Å². The molecule has 0 saturated heterocycles. The molecule has 2 heterocycles. The number of rotatable bonds is 7. The fourth-order valence-electron chi connectivity index (χ4n) is 3.09. The standard InChI is InChI=1S/C23H21N3O3/c1-28-19-9-7-16(8-10-19)14-29-15-17-4-2-5-18(12-17)26-23(27)21-13-25-22-20(21)6-3-11-24-22/h2-13H,14-15H2,1H3,(H,24,25)(H,26,27). The normalized spacial score (nSPS) is 10.8. The first kappa shape index (κ1) is 18.7. The molecule has 0 spiro atoms. The average molecular weight is 387 g/mol. The van der Waals surface area contributed by atoms with Crippen molar-refractivity contribution in [3.8, 4) is 5.75 Å². The number of pyridine rings is 1. The number of benzene rings is 2. The lowest BCUT2D eigenvalue weighted by atomic mass is 10.2. The van der Waals surface area contributed by atoms with Crippen LogP contribution in [-0.4, -0.2) is 23.0 Å². The molecular weight excluding hydrogens is 366 g/mol. The summed E-state index contributed by atoms with van der Waals surface area (Å²) in [6.45, 7) is 0.954. The van der Waals surface area contributed by atoms with Gasteiger partial charge in [0.1, 0.15) is 11.4 Å². The van der Waals surface area contributed by atoms with Gasteiger partial charge >= 0.3 is 0 Å². The van der Waals surface area contributed by atoms with Crippen molar-refractivity contribution in [2.75, 3.05) is 12.4 Å². The summed E-state index contributed by atoms with van der Waals surface area (Å²) < 4.78 is 11.0. The van der Waals surface area contributed by atoms with E-state index < -0.39 is 0 Å². The second-order valence-corrected chi connectivity index (χ2v) is 6.60. The molecule has 0 aliphatic rings. The van der Waals surface area contributed by atoms with Crippen molar-refractivity contribution in [2.24, 2.45) is 0 Å². The molecule has 0 unspecified atom stereocenters. The number of anilines is 1. The highest BCUT2D eigenvalue weighted by molar-refractivity contribution is 6.12. The summed E-state index contributed by atoms with van der Waals surface area (Å²) in [6.07, 6.45) is 3.37. The Kier molecular flexibility index (Phi) is 5.54. The second kappa shape index (κ2) is 8.58. The Morgan fingerprint density at radius 3 is 2.69 bits per heavy atom. The highest BCUT2D eigenvalue weighted by Crippen LogP contribution is 2.19. The third-order valence-corrected chi connectivity index (χ3v) is 4.58. The summed E-state index contributed by atoms with van der Waals surface area (Å²) in [5.41, 5.74) is 4.03. The largest absolute Gasteiger partial charge is 0.497 e. The van der Waals surface area contributed by atoms with E-state index >= 15 is 0 Å². The van der Waals surface area contributed by atoms with Crippen LogP contribution in [0.4, 0.5) is 5.69 Å². The quantitative estimate of drug-likeness (QED) is 0.488. The maximum absolute atomic E-state index is 12.7. The first-order valence-corrected chi connectivity index (χ1v) is 9.26. The average Bonchev–Trinajstić information content (AvgIpc) is 3.19. The lowest BCUT2D eigenvalue weighted by molar-refractivity contribution is 0.102. The monoisotopic (exact) mass is 387 g/mol. The van der Waals surface area contributed by atoms with Gasteiger partial charge in [-0.25, -0.2) is 4.98 Å². The summed E-state index contributed by atoms with van der Waals surface area (Å²) in [5.74, 6) is 0.642. The van der Waals surface area contributed by atoms with E-state index in [1.54, 1.807) is 19.5 Å². The fraction of sp³-hybridized carbons (Fsp3) is 0.130. The summed E-state index contributed by atoms with van der Waals surface area (Å²) in [7, 11) is 1.65. The van der Waals surface area contributed by atoms with E-state index in [0.717, 1.165) is 28.0 Å². The van der Waals surface area contributed by atoms with Gasteiger partial charge < -0.3 is 19.8 Å².